The Labute approximate surface area is 229 Å². The van der Waals surface area contributed by atoms with E-state index < -0.39 is 11.6 Å². The third-order valence-corrected chi connectivity index (χ3v) is 6.73. The summed E-state index contributed by atoms with van der Waals surface area (Å²) in [5.74, 6) is -1.11. The zero-order chi connectivity index (χ0) is 27.6. The van der Waals surface area contributed by atoms with Gasteiger partial charge in [0.05, 0.1) is 13.2 Å². The second-order valence-corrected chi connectivity index (χ2v) is 9.68. The molecular weight excluding hydrogens is 497 g/mol. The van der Waals surface area contributed by atoms with E-state index in [0.29, 0.717) is 42.9 Å². The Morgan fingerprint density at radius 1 is 0.564 bits per heavy atom. The van der Waals surface area contributed by atoms with E-state index in [1.54, 1.807) is 54.6 Å². The van der Waals surface area contributed by atoms with E-state index in [1.165, 1.54) is 6.07 Å². The fraction of sp³-hybridized carbons (Fsp3) is 0.294. The van der Waals surface area contributed by atoms with E-state index in [9.17, 15) is 4.39 Å². The first-order chi connectivity index (χ1) is 19.0. The fourth-order valence-electron chi connectivity index (χ4n) is 4.34. The highest BCUT2D eigenvalue weighted by molar-refractivity contribution is 5.72. The van der Waals surface area contributed by atoms with Gasteiger partial charge in [-0.3, -0.25) is 0 Å². The molecular formula is C34H35F3O2. The van der Waals surface area contributed by atoms with Crippen molar-refractivity contribution >= 4 is 0 Å². The van der Waals surface area contributed by atoms with Crippen LogP contribution in [-0.4, -0.2) is 13.2 Å². The molecule has 2 nitrogen and oxygen atoms in total. The molecule has 0 amide bonds. The van der Waals surface area contributed by atoms with Gasteiger partial charge in [0, 0.05) is 11.1 Å². The van der Waals surface area contributed by atoms with Crippen LogP contribution in [0.4, 0.5) is 13.2 Å². The number of hydrogen-bond acceptors (Lipinski definition) is 2. The van der Waals surface area contributed by atoms with Crippen LogP contribution in [0.2, 0.25) is 0 Å². The van der Waals surface area contributed by atoms with Gasteiger partial charge in [0.1, 0.15) is 5.75 Å². The summed E-state index contributed by atoms with van der Waals surface area (Å²) in [6.07, 6.45) is 5.25. The molecule has 0 saturated heterocycles. The van der Waals surface area contributed by atoms with Crippen LogP contribution in [0, 0.1) is 17.5 Å². The van der Waals surface area contributed by atoms with Crippen LogP contribution >= 0.6 is 0 Å². The first-order valence-electron chi connectivity index (χ1n) is 13.7. The van der Waals surface area contributed by atoms with Crippen LogP contribution in [0.1, 0.15) is 50.7 Å². The van der Waals surface area contributed by atoms with E-state index in [0.717, 1.165) is 36.8 Å². The summed E-state index contributed by atoms with van der Waals surface area (Å²) >= 11 is 0. The molecule has 0 aromatic heterocycles. The first-order valence-corrected chi connectivity index (χ1v) is 13.7. The Kier molecular flexibility index (Phi) is 10.1. The molecule has 5 heteroatoms. The van der Waals surface area contributed by atoms with E-state index in [-0.39, 0.29) is 22.7 Å². The highest BCUT2D eigenvalue weighted by atomic mass is 19.2. The minimum absolute atomic E-state index is 0.210. The molecule has 4 rings (SSSR count). The van der Waals surface area contributed by atoms with E-state index in [1.807, 2.05) is 18.2 Å². The maximum atomic E-state index is 15.1. The molecule has 0 atom stereocenters. The summed E-state index contributed by atoms with van der Waals surface area (Å²) in [5.41, 5.74) is 3.52. The summed E-state index contributed by atoms with van der Waals surface area (Å²) in [5, 5.41) is 0. The van der Waals surface area contributed by atoms with Crippen LogP contribution in [0.3, 0.4) is 0 Å². The Hall–Kier alpha value is -3.73. The molecule has 0 aliphatic rings. The van der Waals surface area contributed by atoms with Crippen molar-refractivity contribution < 1.29 is 22.6 Å². The summed E-state index contributed by atoms with van der Waals surface area (Å²) in [6, 6.07) is 22.7. The maximum absolute atomic E-state index is 15.1. The van der Waals surface area contributed by atoms with Crippen molar-refractivity contribution in [1.29, 1.82) is 0 Å². The number of unbranched alkanes of at least 4 members (excludes halogenated alkanes) is 2. The van der Waals surface area contributed by atoms with Crippen molar-refractivity contribution in [3.05, 3.63) is 107 Å². The quantitative estimate of drug-likeness (QED) is 0.160. The lowest BCUT2D eigenvalue weighted by Gasteiger charge is -2.11. The second kappa shape index (κ2) is 13.9. The highest BCUT2D eigenvalue weighted by Gasteiger charge is 2.16. The average Bonchev–Trinajstić information content (AvgIpc) is 2.95. The van der Waals surface area contributed by atoms with E-state index >= 15 is 8.78 Å². The van der Waals surface area contributed by atoms with Crippen molar-refractivity contribution in [2.45, 2.75) is 52.4 Å². The van der Waals surface area contributed by atoms with Crippen LogP contribution in [0.15, 0.2) is 78.9 Å². The number of halogens is 3. The lowest BCUT2D eigenvalue weighted by Crippen LogP contribution is -2.00. The molecule has 0 bridgehead atoms. The van der Waals surface area contributed by atoms with E-state index in [4.69, 9.17) is 9.47 Å². The summed E-state index contributed by atoms with van der Waals surface area (Å²) in [7, 11) is 0. The minimum Gasteiger partial charge on any atom is -0.494 e. The topological polar surface area (TPSA) is 18.5 Å². The van der Waals surface area contributed by atoms with Gasteiger partial charge in [-0.05, 0) is 72.2 Å². The molecule has 0 spiro atoms. The maximum Gasteiger partial charge on any atom is 0.167 e. The Balaban J connectivity index is 1.40. The Morgan fingerprint density at radius 2 is 1.08 bits per heavy atom. The third-order valence-electron chi connectivity index (χ3n) is 6.73. The minimum atomic E-state index is -0.875. The third kappa shape index (κ3) is 7.44. The Morgan fingerprint density at radius 3 is 1.64 bits per heavy atom. The van der Waals surface area contributed by atoms with Gasteiger partial charge in [-0.25, -0.2) is 13.2 Å². The van der Waals surface area contributed by atoms with Gasteiger partial charge in [-0.15, -0.1) is 0 Å². The number of ether oxygens (including phenoxy) is 2. The molecule has 0 fully saturated rings. The smallest absolute Gasteiger partial charge is 0.167 e. The first kappa shape index (κ1) is 28.3. The van der Waals surface area contributed by atoms with Crippen LogP contribution < -0.4 is 9.47 Å². The van der Waals surface area contributed by atoms with Crippen LogP contribution in [-0.2, 0) is 12.8 Å². The zero-order valence-corrected chi connectivity index (χ0v) is 22.6. The van der Waals surface area contributed by atoms with Crippen LogP contribution in [0.25, 0.3) is 22.3 Å². The van der Waals surface area contributed by atoms with Gasteiger partial charge in [0.25, 0.3) is 0 Å². The molecule has 0 aliphatic heterocycles. The SMILES string of the molecule is CCCCOc1ccc(-c2ccc(-c3ccc(CCc4ccc(OCCCC)c(F)c4)cc3)c(F)c2F)cc1. The zero-order valence-electron chi connectivity index (χ0n) is 22.6. The van der Waals surface area contributed by atoms with E-state index in [2.05, 4.69) is 13.8 Å². The van der Waals surface area contributed by atoms with Gasteiger partial charge >= 0.3 is 0 Å². The normalized spacial score (nSPS) is 11.0. The molecule has 4 aromatic rings. The predicted octanol–water partition coefficient (Wildman–Crippen LogP) is 9.58. The highest BCUT2D eigenvalue weighted by Crippen LogP contribution is 2.32. The molecule has 0 aliphatic carbocycles. The number of benzene rings is 4. The van der Waals surface area contributed by atoms with Gasteiger partial charge in [0.2, 0.25) is 0 Å². The average molecular weight is 533 g/mol. The lowest BCUT2D eigenvalue weighted by atomic mass is 9.97. The fourth-order valence-corrected chi connectivity index (χ4v) is 4.34. The van der Waals surface area contributed by atoms with Gasteiger partial charge < -0.3 is 9.47 Å². The monoisotopic (exact) mass is 532 g/mol. The van der Waals surface area contributed by atoms with Crippen molar-refractivity contribution in [3.63, 3.8) is 0 Å². The van der Waals surface area contributed by atoms with Gasteiger partial charge in [0.15, 0.2) is 23.2 Å². The largest absolute Gasteiger partial charge is 0.494 e. The van der Waals surface area contributed by atoms with Gasteiger partial charge in [-0.2, -0.15) is 0 Å². The van der Waals surface area contributed by atoms with Crippen molar-refractivity contribution in [2.24, 2.45) is 0 Å². The predicted molar refractivity (Wildman–Crippen MR) is 152 cm³/mol. The van der Waals surface area contributed by atoms with Gasteiger partial charge in [-0.1, -0.05) is 81.3 Å². The molecule has 0 unspecified atom stereocenters. The number of aryl methyl sites for hydroxylation is 2. The summed E-state index contributed by atoms with van der Waals surface area (Å²) < 4.78 is 55.7. The summed E-state index contributed by atoms with van der Waals surface area (Å²) in [4.78, 5) is 0. The van der Waals surface area contributed by atoms with Crippen molar-refractivity contribution in [2.75, 3.05) is 13.2 Å². The molecule has 0 saturated carbocycles. The molecule has 39 heavy (non-hydrogen) atoms. The molecule has 0 heterocycles. The standard InChI is InChI=1S/C34H35F3O2/c1-3-5-21-38-28-16-14-27(15-17-28)30-19-18-29(33(36)34(30)37)26-12-9-24(10-13-26)7-8-25-11-20-32(31(35)23-25)39-22-6-4-2/h9-20,23H,3-8,21-22H2,1-2H3. The van der Waals surface area contributed by atoms with Crippen LogP contribution in [0.5, 0.6) is 11.5 Å². The molecule has 0 N–H and O–H groups in total. The second-order valence-electron chi connectivity index (χ2n) is 9.68. The number of rotatable bonds is 13. The Bertz CT molecular complexity index is 1350. The van der Waals surface area contributed by atoms with Crippen molar-refractivity contribution in [3.8, 4) is 33.8 Å². The summed E-state index contributed by atoms with van der Waals surface area (Å²) in [6.45, 7) is 5.30. The molecule has 4 aromatic carbocycles. The lowest BCUT2D eigenvalue weighted by molar-refractivity contribution is 0.294. The van der Waals surface area contributed by atoms with Crippen molar-refractivity contribution in [1.82, 2.24) is 0 Å². The molecule has 204 valence electrons. The molecule has 0 radical (unpaired) electrons. The number of hydrogen-bond donors (Lipinski definition) is 0.